The number of benzene rings is 3. The van der Waals surface area contributed by atoms with Crippen LogP contribution in [-0.4, -0.2) is 39.7 Å². The summed E-state index contributed by atoms with van der Waals surface area (Å²) in [5.41, 5.74) is 3.41. The van der Waals surface area contributed by atoms with Crippen molar-refractivity contribution in [3.8, 4) is 34.0 Å². The van der Waals surface area contributed by atoms with Gasteiger partial charge in [-0.05, 0) is 42.0 Å². The molecule has 35 heavy (non-hydrogen) atoms. The first kappa shape index (κ1) is 22.0. The Hall–Kier alpha value is -4.85. The minimum Gasteiger partial charge on any atom is -0.493 e. The molecule has 8 heteroatoms. The zero-order valence-electron chi connectivity index (χ0n) is 19.3. The standard InChI is InChI=1S/C27H23N5O3/c1-34-23-14-13-19(17-24(23)35-2)22-18-32(21-11-7-4-8-12-21)30-26(22)27(33)28-25-15-16-31(29-25)20-9-5-3-6-10-20/h3-18H,1-2H3,(H,28,29,33). The van der Waals surface area contributed by atoms with Crippen LogP contribution in [0.2, 0.25) is 0 Å². The number of anilines is 1. The summed E-state index contributed by atoms with van der Waals surface area (Å²) < 4.78 is 14.2. The van der Waals surface area contributed by atoms with E-state index in [-0.39, 0.29) is 11.6 Å². The summed E-state index contributed by atoms with van der Waals surface area (Å²) in [5.74, 6) is 1.21. The Morgan fingerprint density at radius 3 is 2.09 bits per heavy atom. The molecule has 2 aromatic heterocycles. The third-order valence-corrected chi connectivity index (χ3v) is 5.50. The Kier molecular flexibility index (Phi) is 6.00. The van der Waals surface area contributed by atoms with E-state index in [9.17, 15) is 4.79 Å². The SMILES string of the molecule is COc1ccc(-c2cn(-c3ccccc3)nc2C(=O)Nc2ccn(-c3ccccc3)n2)cc1OC. The molecule has 174 valence electrons. The molecule has 0 aliphatic rings. The largest absolute Gasteiger partial charge is 0.493 e. The zero-order valence-corrected chi connectivity index (χ0v) is 19.3. The van der Waals surface area contributed by atoms with Crippen LogP contribution >= 0.6 is 0 Å². The van der Waals surface area contributed by atoms with Crippen molar-refractivity contribution in [1.29, 1.82) is 0 Å². The average molecular weight is 466 g/mol. The van der Waals surface area contributed by atoms with E-state index < -0.39 is 0 Å². The molecule has 0 spiro atoms. The maximum atomic E-state index is 13.4. The molecule has 0 aliphatic carbocycles. The predicted octanol–water partition coefficient (Wildman–Crippen LogP) is 4.99. The third kappa shape index (κ3) is 4.49. The van der Waals surface area contributed by atoms with Gasteiger partial charge in [-0.3, -0.25) is 4.79 Å². The molecular formula is C27H23N5O3. The molecule has 5 aromatic rings. The van der Waals surface area contributed by atoms with Crippen LogP contribution in [0.5, 0.6) is 11.5 Å². The number of carbonyl (C=O) groups is 1. The highest BCUT2D eigenvalue weighted by atomic mass is 16.5. The van der Waals surface area contributed by atoms with Gasteiger partial charge in [-0.25, -0.2) is 9.36 Å². The van der Waals surface area contributed by atoms with Gasteiger partial charge in [0.25, 0.3) is 5.91 Å². The van der Waals surface area contributed by atoms with Crippen LogP contribution in [0.1, 0.15) is 10.5 Å². The Balaban J connectivity index is 1.52. The van der Waals surface area contributed by atoms with E-state index in [4.69, 9.17) is 9.47 Å². The topological polar surface area (TPSA) is 83.2 Å². The minimum absolute atomic E-state index is 0.260. The molecule has 1 amide bonds. The Morgan fingerprint density at radius 2 is 1.43 bits per heavy atom. The molecule has 0 aliphatic heterocycles. The lowest BCUT2D eigenvalue weighted by atomic mass is 10.1. The van der Waals surface area contributed by atoms with Crippen LogP contribution in [0, 0.1) is 0 Å². The first-order valence-electron chi connectivity index (χ1n) is 11.0. The number of hydrogen-bond donors (Lipinski definition) is 1. The summed E-state index contributed by atoms with van der Waals surface area (Å²) in [6.45, 7) is 0. The van der Waals surface area contributed by atoms with Crippen LogP contribution in [0.15, 0.2) is 97.3 Å². The fourth-order valence-corrected chi connectivity index (χ4v) is 3.76. The molecule has 0 saturated heterocycles. The lowest BCUT2D eigenvalue weighted by Crippen LogP contribution is -2.15. The van der Waals surface area contributed by atoms with Gasteiger partial charge < -0.3 is 14.8 Å². The molecule has 3 aromatic carbocycles. The highest BCUT2D eigenvalue weighted by molar-refractivity contribution is 6.07. The molecule has 0 atom stereocenters. The van der Waals surface area contributed by atoms with Gasteiger partial charge >= 0.3 is 0 Å². The van der Waals surface area contributed by atoms with Crippen LogP contribution in [0.4, 0.5) is 5.82 Å². The maximum absolute atomic E-state index is 13.4. The summed E-state index contributed by atoms with van der Waals surface area (Å²) >= 11 is 0. The van der Waals surface area contributed by atoms with Gasteiger partial charge in [0.05, 0.1) is 25.6 Å². The van der Waals surface area contributed by atoms with Crippen LogP contribution in [0.25, 0.3) is 22.5 Å². The fraction of sp³-hybridized carbons (Fsp3) is 0.0741. The molecule has 2 heterocycles. The first-order chi connectivity index (χ1) is 17.2. The number of amides is 1. The van der Waals surface area contributed by atoms with Crippen molar-refractivity contribution in [3.63, 3.8) is 0 Å². The zero-order chi connectivity index (χ0) is 24.2. The number of nitrogens with zero attached hydrogens (tertiary/aromatic N) is 4. The van der Waals surface area contributed by atoms with Crippen molar-refractivity contribution in [2.45, 2.75) is 0 Å². The second-order valence-corrected chi connectivity index (χ2v) is 7.68. The summed E-state index contributed by atoms with van der Waals surface area (Å²) in [6.07, 6.45) is 3.62. The van der Waals surface area contributed by atoms with Crippen molar-refractivity contribution < 1.29 is 14.3 Å². The number of rotatable bonds is 7. The molecule has 0 unspecified atom stereocenters. The number of nitrogens with one attached hydrogen (secondary N) is 1. The summed E-state index contributed by atoms with van der Waals surface area (Å²) in [4.78, 5) is 13.4. The van der Waals surface area contributed by atoms with Gasteiger partial charge in [-0.2, -0.15) is 10.2 Å². The summed E-state index contributed by atoms with van der Waals surface area (Å²) in [6, 6.07) is 26.5. The Morgan fingerprint density at radius 1 is 0.771 bits per heavy atom. The van der Waals surface area contributed by atoms with Gasteiger partial charge in [0.2, 0.25) is 0 Å². The normalized spacial score (nSPS) is 10.7. The molecule has 0 fully saturated rings. The van der Waals surface area contributed by atoms with Crippen molar-refractivity contribution in [3.05, 3.63) is 103 Å². The van der Waals surface area contributed by atoms with Gasteiger partial charge in [0, 0.05) is 24.0 Å². The monoisotopic (exact) mass is 465 g/mol. The molecule has 0 bridgehead atoms. The highest BCUT2D eigenvalue weighted by Crippen LogP contribution is 2.34. The average Bonchev–Trinajstić information content (AvgIpc) is 3.57. The van der Waals surface area contributed by atoms with E-state index in [2.05, 4.69) is 15.5 Å². The number of aromatic nitrogens is 4. The van der Waals surface area contributed by atoms with Crippen LogP contribution in [-0.2, 0) is 0 Å². The molecule has 0 saturated carbocycles. The molecule has 5 rings (SSSR count). The number of hydrogen-bond acceptors (Lipinski definition) is 5. The lowest BCUT2D eigenvalue weighted by Gasteiger charge is -2.09. The second-order valence-electron chi connectivity index (χ2n) is 7.68. The van der Waals surface area contributed by atoms with E-state index >= 15 is 0 Å². The van der Waals surface area contributed by atoms with E-state index in [1.54, 1.807) is 41.9 Å². The van der Waals surface area contributed by atoms with E-state index in [0.717, 1.165) is 16.9 Å². The Labute approximate surface area is 202 Å². The molecule has 0 radical (unpaired) electrons. The van der Waals surface area contributed by atoms with Crippen LogP contribution in [0.3, 0.4) is 0 Å². The number of methoxy groups -OCH3 is 2. The van der Waals surface area contributed by atoms with Crippen LogP contribution < -0.4 is 14.8 Å². The van der Waals surface area contributed by atoms with E-state index in [0.29, 0.717) is 22.9 Å². The maximum Gasteiger partial charge on any atom is 0.278 e. The predicted molar refractivity (Wildman–Crippen MR) is 134 cm³/mol. The fourth-order valence-electron chi connectivity index (χ4n) is 3.76. The Bertz CT molecular complexity index is 1460. The van der Waals surface area contributed by atoms with Crippen molar-refractivity contribution >= 4 is 11.7 Å². The summed E-state index contributed by atoms with van der Waals surface area (Å²) in [7, 11) is 3.16. The molecule has 1 N–H and O–H groups in total. The smallest absolute Gasteiger partial charge is 0.278 e. The van der Waals surface area contributed by atoms with Gasteiger partial charge in [0.15, 0.2) is 23.0 Å². The molecule has 8 nitrogen and oxygen atoms in total. The molecular weight excluding hydrogens is 442 g/mol. The quantitative estimate of drug-likeness (QED) is 0.366. The van der Waals surface area contributed by atoms with Gasteiger partial charge in [-0.15, -0.1) is 0 Å². The second kappa shape index (κ2) is 9.56. The lowest BCUT2D eigenvalue weighted by molar-refractivity contribution is 0.102. The van der Waals surface area contributed by atoms with E-state index in [1.165, 1.54) is 0 Å². The number of carbonyl (C=O) groups excluding carboxylic acids is 1. The van der Waals surface area contributed by atoms with Crippen molar-refractivity contribution in [2.24, 2.45) is 0 Å². The number of para-hydroxylation sites is 2. The van der Waals surface area contributed by atoms with Crippen molar-refractivity contribution in [1.82, 2.24) is 19.6 Å². The first-order valence-corrected chi connectivity index (χ1v) is 11.0. The minimum atomic E-state index is -0.372. The summed E-state index contributed by atoms with van der Waals surface area (Å²) in [5, 5.41) is 12.0. The van der Waals surface area contributed by atoms with Gasteiger partial charge in [0.1, 0.15) is 0 Å². The van der Waals surface area contributed by atoms with Crippen molar-refractivity contribution in [2.75, 3.05) is 19.5 Å². The number of ether oxygens (including phenoxy) is 2. The van der Waals surface area contributed by atoms with Gasteiger partial charge in [-0.1, -0.05) is 42.5 Å². The van der Waals surface area contributed by atoms with E-state index in [1.807, 2.05) is 79.0 Å². The third-order valence-electron chi connectivity index (χ3n) is 5.50. The highest BCUT2D eigenvalue weighted by Gasteiger charge is 2.21.